The van der Waals surface area contributed by atoms with Gasteiger partial charge in [-0.15, -0.1) is 10.2 Å². The summed E-state index contributed by atoms with van der Waals surface area (Å²) in [5, 5.41) is 14.2. The van der Waals surface area contributed by atoms with Crippen LogP contribution in [0.25, 0.3) is 11.4 Å². The summed E-state index contributed by atoms with van der Waals surface area (Å²) in [5.41, 5.74) is 4.24. The van der Waals surface area contributed by atoms with Gasteiger partial charge in [0.1, 0.15) is 0 Å². The van der Waals surface area contributed by atoms with Gasteiger partial charge in [-0.25, -0.2) is 0 Å². The first-order chi connectivity index (χ1) is 12.7. The van der Waals surface area contributed by atoms with E-state index in [-0.39, 0.29) is 0 Å². The molecule has 0 unspecified atom stereocenters. The Morgan fingerprint density at radius 3 is 2.58 bits per heavy atom. The van der Waals surface area contributed by atoms with Gasteiger partial charge >= 0.3 is 0 Å². The number of hydrogen-bond donors (Lipinski definition) is 0. The Labute approximate surface area is 155 Å². The zero-order valence-electron chi connectivity index (χ0n) is 14.8. The summed E-state index contributed by atoms with van der Waals surface area (Å²) < 4.78 is 12.5. The molecule has 1 aromatic heterocycles. The summed E-state index contributed by atoms with van der Waals surface area (Å²) in [4.78, 5) is 0. The maximum atomic E-state index is 5.40. The highest BCUT2D eigenvalue weighted by atomic mass is 32.2. The van der Waals surface area contributed by atoms with Crippen LogP contribution in [-0.4, -0.2) is 40.6 Å². The zero-order valence-corrected chi connectivity index (χ0v) is 15.6. The van der Waals surface area contributed by atoms with Crippen LogP contribution in [0.2, 0.25) is 0 Å². The average Bonchev–Trinajstić information content (AvgIpc) is 3.11. The lowest BCUT2D eigenvalue weighted by Crippen LogP contribution is -2.14. The number of fused-ring (bicyclic) bond motifs is 1. The maximum absolute atomic E-state index is 5.40. The highest BCUT2D eigenvalue weighted by molar-refractivity contribution is 7.99. The number of aryl methyl sites for hydroxylation is 1. The fraction of sp³-hybridized carbons (Fsp3) is 0.211. The molecule has 132 valence electrons. The van der Waals surface area contributed by atoms with Crippen molar-refractivity contribution in [1.29, 1.82) is 0 Å². The van der Waals surface area contributed by atoms with E-state index >= 15 is 0 Å². The van der Waals surface area contributed by atoms with E-state index in [2.05, 4.69) is 29.3 Å². The zero-order chi connectivity index (χ0) is 18.1. The standard InChI is InChI=1S/C19H18N4O2S/c1-12-6-4-5-7-14(12)15-11-26-19-21-20-18(23(19)22-15)13-8-9-16(24-2)17(10-13)25-3/h4-10H,11H2,1-3H3. The van der Waals surface area contributed by atoms with Crippen molar-refractivity contribution < 1.29 is 9.47 Å². The molecule has 0 bridgehead atoms. The molecule has 0 saturated heterocycles. The monoisotopic (exact) mass is 366 g/mol. The molecule has 0 amide bonds. The number of benzene rings is 2. The van der Waals surface area contributed by atoms with Crippen molar-refractivity contribution in [2.45, 2.75) is 12.1 Å². The van der Waals surface area contributed by atoms with Crippen LogP contribution >= 0.6 is 11.8 Å². The van der Waals surface area contributed by atoms with E-state index in [0.717, 1.165) is 27.7 Å². The predicted molar refractivity (Wildman–Crippen MR) is 102 cm³/mol. The maximum Gasteiger partial charge on any atom is 0.212 e. The highest BCUT2D eigenvalue weighted by Crippen LogP contribution is 2.34. The lowest BCUT2D eigenvalue weighted by molar-refractivity contribution is 0.355. The van der Waals surface area contributed by atoms with Gasteiger partial charge in [0.25, 0.3) is 0 Å². The van der Waals surface area contributed by atoms with Crippen molar-refractivity contribution in [2.75, 3.05) is 20.0 Å². The largest absolute Gasteiger partial charge is 0.493 e. The molecule has 6 nitrogen and oxygen atoms in total. The Kier molecular flexibility index (Phi) is 4.38. The first-order valence-corrected chi connectivity index (χ1v) is 9.14. The predicted octanol–water partition coefficient (Wildman–Crippen LogP) is 3.63. The Bertz CT molecular complexity index is 997. The summed E-state index contributed by atoms with van der Waals surface area (Å²) in [6, 6.07) is 13.9. The van der Waals surface area contributed by atoms with Gasteiger partial charge in [0.05, 0.1) is 19.9 Å². The van der Waals surface area contributed by atoms with Crippen LogP contribution in [0.15, 0.2) is 52.7 Å². The van der Waals surface area contributed by atoms with Crippen LogP contribution in [0.4, 0.5) is 0 Å². The van der Waals surface area contributed by atoms with E-state index in [1.807, 2.05) is 30.3 Å². The van der Waals surface area contributed by atoms with Crippen molar-refractivity contribution in [2.24, 2.45) is 5.10 Å². The third-order valence-electron chi connectivity index (χ3n) is 4.27. The van der Waals surface area contributed by atoms with E-state index in [0.29, 0.717) is 17.3 Å². The van der Waals surface area contributed by atoms with Crippen LogP contribution in [-0.2, 0) is 0 Å². The smallest absolute Gasteiger partial charge is 0.212 e. The molecule has 4 rings (SSSR count). The highest BCUT2D eigenvalue weighted by Gasteiger charge is 2.22. The molecule has 26 heavy (non-hydrogen) atoms. The third-order valence-corrected chi connectivity index (χ3v) is 5.20. The van der Waals surface area contributed by atoms with Crippen LogP contribution in [0, 0.1) is 6.92 Å². The lowest BCUT2D eigenvalue weighted by atomic mass is 10.1. The van der Waals surface area contributed by atoms with Crippen LogP contribution < -0.4 is 9.47 Å². The van der Waals surface area contributed by atoms with Gasteiger partial charge in [-0.3, -0.25) is 0 Å². The first kappa shape index (κ1) is 16.7. The van der Waals surface area contributed by atoms with Gasteiger partial charge in [0.2, 0.25) is 5.16 Å². The number of hydrogen-bond acceptors (Lipinski definition) is 6. The second kappa shape index (κ2) is 6.84. The summed E-state index contributed by atoms with van der Waals surface area (Å²) in [5.74, 6) is 2.77. The molecule has 0 fully saturated rings. The number of ether oxygens (including phenoxy) is 2. The van der Waals surface area contributed by atoms with Gasteiger partial charge in [-0.05, 0) is 30.7 Å². The summed E-state index contributed by atoms with van der Waals surface area (Å²) in [6.07, 6.45) is 0. The van der Waals surface area contributed by atoms with Crippen molar-refractivity contribution in [1.82, 2.24) is 14.9 Å². The van der Waals surface area contributed by atoms with E-state index in [4.69, 9.17) is 14.6 Å². The molecule has 3 aromatic rings. The molecule has 0 saturated carbocycles. The molecule has 0 atom stereocenters. The van der Waals surface area contributed by atoms with Gasteiger partial charge in [-0.2, -0.15) is 9.78 Å². The summed E-state index contributed by atoms with van der Waals surface area (Å²) in [6.45, 7) is 2.10. The second-order valence-electron chi connectivity index (χ2n) is 5.84. The topological polar surface area (TPSA) is 61.5 Å². The minimum Gasteiger partial charge on any atom is -0.493 e. The molecule has 0 spiro atoms. The van der Waals surface area contributed by atoms with Gasteiger partial charge in [0, 0.05) is 16.9 Å². The van der Waals surface area contributed by atoms with Crippen LogP contribution in [0.3, 0.4) is 0 Å². The number of rotatable bonds is 4. The average molecular weight is 366 g/mol. The van der Waals surface area contributed by atoms with Gasteiger partial charge in [0.15, 0.2) is 17.3 Å². The molecular weight excluding hydrogens is 348 g/mol. The molecule has 2 heterocycles. The second-order valence-corrected chi connectivity index (χ2v) is 6.78. The SMILES string of the molecule is COc1ccc(-c2nnc3n2N=C(c2ccccc2C)CS3)cc1OC. The normalized spacial score (nSPS) is 13.1. The fourth-order valence-corrected chi connectivity index (χ4v) is 3.74. The molecule has 7 heteroatoms. The Hall–Kier alpha value is -2.80. The number of nitrogens with zero attached hydrogens (tertiary/aromatic N) is 4. The van der Waals surface area contributed by atoms with E-state index in [1.54, 1.807) is 30.7 Å². The van der Waals surface area contributed by atoms with Crippen LogP contribution in [0.5, 0.6) is 11.5 Å². The van der Waals surface area contributed by atoms with E-state index in [1.165, 1.54) is 5.56 Å². The van der Waals surface area contributed by atoms with Crippen molar-refractivity contribution in [3.63, 3.8) is 0 Å². The number of thioether (sulfide) groups is 1. The molecule has 1 aliphatic rings. The first-order valence-electron chi connectivity index (χ1n) is 8.15. The molecule has 2 aromatic carbocycles. The molecular formula is C19H18N4O2S. The van der Waals surface area contributed by atoms with E-state index < -0.39 is 0 Å². The molecule has 0 radical (unpaired) electrons. The van der Waals surface area contributed by atoms with Crippen molar-refractivity contribution >= 4 is 17.5 Å². The van der Waals surface area contributed by atoms with Gasteiger partial charge in [-0.1, -0.05) is 36.0 Å². The summed E-state index contributed by atoms with van der Waals surface area (Å²) in [7, 11) is 3.23. The molecule has 0 N–H and O–H groups in total. The minimum atomic E-state index is 0.647. The van der Waals surface area contributed by atoms with Crippen LogP contribution in [0.1, 0.15) is 11.1 Å². The number of aromatic nitrogens is 3. The Morgan fingerprint density at radius 1 is 1.00 bits per heavy atom. The fourth-order valence-electron chi connectivity index (χ4n) is 2.91. The lowest BCUT2D eigenvalue weighted by Gasteiger charge is -2.15. The minimum absolute atomic E-state index is 0.647. The number of methoxy groups -OCH3 is 2. The van der Waals surface area contributed by atoms with E-state index in [9.17, 15) is 0 Å². The third kappa shape index (κ3) is 2.84. The summed E-state index contributed by atoms with van der Waals surface area (Å²) >= 11 is 1.64. The Balaban J connectivity index is 1.80. The Morgan fingerprint density at radius 2 is 1.81 bits per heavy atom. The van der Waals surface area contributed by atoms with Crippen molar-refractivity contribution in [3.8, 4) is 22.9 Å². The molecule has 1 aliphatic heterocycles. The van der Waals surface area contributed by atoms with Crippen molar-refractivity contribution in [3.05, 3.63) is 53.6 Å². The van der Waals surface area contributed by atoms with Gasteiger partial charge < -0.3 is 9.47 Å². The quantitative estimate of drug-likeness (QED) is 0.706. The molecule has 0 aliphatic carbocycles.